The van der Waals surface area contributed by atoms with Gasteiger partial charge in [0.2, 0.25) is 11.8 Å². The molecule has 0 bridgehead atoms. The van der Waals surface area contributed by atoms with Gasteiger partial charge in [-0.1, -0.05) is 6.08 Å². The molecule has 124 valence electrons. The summed E-state index contributed by atoms with van der Waals surface area (Å²) in [5.41, 5.74) is 0. The number of unbranched alkanes of at least 4 members (excludes halogenated alkanes) is 1. The molecule has 0 aliphatic carbocycles. The second-order valence-corrected chi connectivity index (χ2v) is 6.08. The van der Waals surface area contributed by atoms with Crippen molar-refractivity contribution < 1.29 is 14.7 Å². The summed E-state index contributed by atoms with van der Waals surface area (Å²) in [6.45, 7) is 7.03. The third-order valence-electron chi connectivity index (χ3n) is 4.41. The normalized spacial score (nSPS) is 23.7. The zero-order valence-corrected chi connectivity index (χ0v) is 13.2. The van der Waals surface area contributed by atoms with Gasteiger partial charge in [0.15, 0.2) is 0 Å². The molecule has 6 nitrogen and oxygen atoms in total. The number of aliphatic hydroxyl groups excluding tert-OH is 1. The van der Waals surface area contributed by atoms with E-state index < -0.39 is 6.04 Å². The molecule has 6 heteroatoms. The Morgan fingerprint density at radius 3 is 2.77 bits per heavy atom. The van der Waals surface area contributed by atoms with Crippen LogP contribution in [-0.2, 0) is 9.59 Å². The maximum Gasteiger partial charge on any atom is 0.240 e. The molecule has 0 aromatic carbocycles. The summed E-state index contributed by atoms with van der Waals surface area (Å²) >= 11 is 0. The number of amides is 2. The van der Waals surface area contributed by atoms with Crippen LogP contribution in [-0.4, -0.2) is 71.6 Å². The Morgan fingerprint density at radius 1 is 1.36 bits per heavy atom. The summed E-state index contributed by atoms with van der Waals surface area (Å²) < 4.78 is 0. The first-order valence-electron chi connectivity index (χ1n) is 8.20. The topological polar surface area (TPSA) is 72.9 Å². The van der Waals surface area contributed by atoms with Crippen molar-refractivity contribution in [3.8, 4) is 0 Å². The summed E-state index contributed by atoms with van der Waals surface area (Å²) in [5.74, 6) is 0.0337. The second kappa shape index (κ2) is 8.29. The molecule has 0 radical (unpaired) electrons. The SMILES string of the molecule is C=CCCCN1CCNC(CC(=O)N2CCC(O)CC2)C1=O. The van der Waals surface area contributed by atoms with E-state index in [4.69, 9.17) is 0 Å². The molecule has 0 spiro atoms. The third kappa shape index (κ3) is 4.55. The van der Waals surface area contributed by atoms with E-state index in [0.29, 0.717) is 32.5 Å². The Morgan fingerprint density at radius 2 is 2.09 bits per heavy atom. The molecule has 2 rings (SSSR count). The van der Waals surface area contributed by atoms with Crippen LogP contribution >= 0.6 is 0 Å². The van der Waals surface area contributed by atoms with Gasteiger partial charge in [-0.25, -0.2) is 0 Å². The molecular formula is C16H27N3O3. The zero-order chi connectivity index (χ0) is 15.9. The smallest absolute Gasteiger partial charge is 0.240 e. The minimum atomic E-state index is -0.406. The van der Waals surface area contributed by atoms with Crippen LogP contribution in [0.4, 0.5) is 0 Å². The van der Waals surface area contributed by atoms with Crippen molar-refractivity contribution >= 4 is 11.8 Å². The van der Waals surface area contributed by atoms with Gasteiger partial charge in [-0.05, 0) is 25.7 Å². The molecule has 2 heterocycles. The highest BCUT2D eigenvalue weighted by Gasteiger charge is 2.31. The predicted octanol–water partition coefficient (Wildman–Crippen LogP) is 0.126. The molecule has 1 atom stereocenters. The summed E-state index contributed by atoms with van der Waals surface area (Å²) in [6.07, 6.45) is 4.86. The average molecular weight is 309 g/mol. The number of hydrogen-bond acceptors (Lipinski definition) is 4. The number of nitrogens with one attached hydrogen (secondary N) is 1. The van der Waals surface area contributed by atoms with Crippen LogP contribution in [0.25, 0.3) is 0 Å². The molecule has 2 aliphatic rings. The minimum Gasteiger partial charge on any atom is -0.393 e. The molecule has 22 heavy (non-hydrogen) atoms. The number of carbonyl (C=O) groups excluding carboxylic acids is 2. The lowest BCUT2D eigenvalue weighted by Gasteiger charge is -2.35. The summed E-state index contributed by atoms with van der Waals surface area (Å²) in [7, 11) is 0. The van der Waals surface area contributed by atoms with Crippen molar-refractivity contribution in [2.45, 2.75) is 44.2 Å². The highest BCUT2D eigenvalue weighted by Crippen LogP contribution is 2.14. The number of rotatable bonds is 6. The molecule has 2 fully saturated rings. The van der Waals surface area contributed by atoms with Gasteiger partial charge in [0.1, 0.15) is 0 Å². The Hall–Kier alpha value is -1.40. The van der Waals surface area contributed by atoms with Crippen LogP contribution in [0.3, 0.4) is 0 Å². The van der Waals surface area contributed by atoms with Gasteiger partial charge in [0, 0.05) is 32.7 Å². The van der Waals surface area contributed by atoms with Crippen molar-refractivity contribution in [1.29, 1.82) is 0 Å². The number of nitrogens with zero attached hydrogens (tertiary/aromatic N) is 2. The van der Waals surface area contributed by atoms with Gasteiger partial charge in [0.25, 0.3) is 0 Å². The quantitative estimate of drug-likeness (QED) is 0.540. The van der Waals surface area contributed by atoms with Gasteiger partial charge < -0.3 is 20.2 Å². The number of likely N-dealkylation sites (tertiary alicyclic amines) is 1. The monoisotopic (exact) mass is 309 g/mol. The van der Waals surface area contributed by atoms with Crippen molar-refractivity contribution in [1.82, 2.24) is 15.1 Å². The lowest BCUT2D eigenvalue weighted by Crippen LogP contribution is -2.56. The second-order valence-electron chi connectivity index (χ2n) is 6.08. The van der Waals surface area contributed by atoms with E-state index >= 15 is 0 Å². The fourth-order valence-electron chi connectivity index (χ4n) is 3.02. The summed E-state index contributed by atoms with van der Waals surface area (Å²) in [5, 5.41) is 12.7. The molecule has 0 saturated carbocycles. The average Bonchev–Trinajstić information content (AvgIpc) is 2.51. The maximum atomic E-state index is 12.4. The largest absolute Gasteiger partial charge is 0.393 e. The lowest BCUT2D eigenvalue weighted by molar-refractivity contribution is -0.141. The van der Waals surface area contributed by atoms with Gasteiger partial charge in [-0.2, -0.15) is 0 Å². The molecule has 2 saturated heterocycles. The lowest BCUT2D eigenvalue weighted by atomic mass is 10.0. The number of hydrogen-bond donors (Lipinski definition) is 2. The van der Waals surface area contributed by atoms with E-state index in [2.05, 4.69) is 11.9 Å². The predicted molar refractivity (Wildman–Crippen MR) is 84.2 cm³/mol. The number of piperidine rings is 1. The number of aliphatic hydroxyl groups is 1. The van der Waals surface area contributed by atoms with E-state index in [-0.39, 0.29) is 24.3 Å². The molecule has 1 unspecified atom stereocenters. The van der Waals surface area contributed by atoms with E-state index in [9.17, 15) is 14.7 Å². The Kier molecular flexibility index (Phi) is 6.39. The molecule has 2 N–H and O–H groups in total. The molecule has 0 aromatic heterocycles. The number of allylic oxidation sites excluding steroid dienone is 1. The van der Waals surface area contributed by atoms with Crippen LogP contribution < -0.4 is 5.32 Å². The molecule has 0 aromatic rings. The van der Waals surface area contributed by atoms with Crippen molar-refractivity contribution in [3.63, 3.8) is 0 Å². The van der Waals surface area contributed by atoms with Gasteiger partial charge >= 0.3 is 0 Å². The standard InChI is InChI=1S/C16H27N3O3/c1-2-3-4-8-19-11-7-17-14(16(19)22)12-15(21)18-9-5-13(20)6-10-18/h2,13-14,17,20H,1,3-12H2. The Bertz CT molecular complexity index is 405. The van der Waals surface area contributed by atoms with Crippen LogP contribution in [0.2, 0.25) is 0 Å². The van der Waals surface area contributed by atoms with E-state index in [0.717, 1.165) is 25.9 Å². The van der Waals surface area contributed by atoms with E-state index in [1.54, 1.807) is 4.90 Å². The first-order valence-corrected chi connectivity index (χ1v) is 8.20. The minimum absolute atomic E-state index is 0.00527. The van der Waals surface area contributed by atoms with Gasteiger partial charge in [-0.3, -0.25) is 9.59 Å². The highest BCUT2D eigenvalue weighted by molar-refractivity contribution is 5.89. The maximum absolute atomic E-state index is 12.4. The van der Waals surface area contributed by atoms with Crippen LogP contribution in [0.15, 0.2) is 12.7 Å². The van der Waals surface area contributed by atoms with Crippen LogP contribution in [0.5, 0.6) is 0 Å². The zero-order valence-electron chi connectivity index (χ0n) is 13.2. The van der Waals surface area contributed by atoms with E-state index in [1.807, 2.05) is 11.0 Å². The van der Waals surface area contributed by atoms with Crippen molar-refractivity contribution in [2.24, 2.45) is 0 Å². The fourth-order valence-corrected chi connectivity index (χ4v) is 3.02. The summed E-state index contributed by atoms with van der Waals surface area (Å²) in [6, 6.07) is -0.406. The third-order valence-corrected chi connectivity index (χ3v) is 4.41. The summed E-state index contributed by atoms with van der Waals surface area (Å²) in [4.78, 5) is 28.3. The fraction of sp³-hybridized carbons (Fsp3) is 0.750. The molecular weight excluding hydrogens is 282 g/mol. The van der Waals surface area contributed by atoms with Crippen molar-refractivity contribution in [2.75, 3.05) is 32.7 Å². The van der Waals surface area contributed by atoms with Crippen LogP contribution in [0, 0.1) is 0 Å². The molecule has 2 amide bonds. The highest BCUT2D eigenvalue weighted by atomic mass is 16.3. The van der Waals surface area contributed by atoms with Crippen LogP contribution in [0.1, 0.15) is 32.1 Å². The van der Waals surface area contributed by atoms with E-state index in [1.165, 1.54) is 0 Å². The number of piperazine rings is 1. The first-order chi connectivity index (χ1) is 10.6. The molecule has 2 aliphatic heterocycles. The van der Waals surface area contributed by atoms with Gasteiger partial charge in [-0.15, -0.1) is 6.58 Å². The first kappa shape index (κ1) is 17.0. The Balaban J connectivity index is 1.82. The van der Waals surface area contributed by atoms with Crippen molar-refractivity contribution in [3.05, 3.63) is 12.7 Å². The van der Waals surface area contributed by atoms with Gasteiger partial charge in [0.05, 0.1) is 18.6 Å². The Labute approximate surface area is 132 Å². The number of carbonyl (C=O) groups is 2.